The van der Waals surface area contributed by atoms with E-state index in [1.165, 1.54) is 4.68 Å². The number of carbonyl (C=O) groups excluding carboxylic acids is 3. The highest BCUT2D eigenvalue weighted by molar-refractivity contribution is 9.10. The van der Waals surface area contributed by atoms with Gasteiger partial charge >= 0.3 is 11.8 Å². The SMILES string of the molecule is Cc1ccc(NC(=O)c2cc3cc(Cl)ccc3n2NC(=O)C(=O)Nc2ccccc2)c(Br)c1. The summed E-state index contributed by atoms with van der Waals surface area (Å²) >= 11 is 9.54. The van der Waals surface area contributed by atoms with Crippen LogP contribution in [0.25, 0.3) is 10.9 Å². The third kappa shape index (κ3) is 5.08. The van der Waals surface area contributed by atoms with E-state index in [4.69, 9.17) is 11.6 Å². The van der Waals surface area contributed by atoms with Gasteiger partial charge in [-0.15, -0.1) is 0 Å². The van der Waals surface area contributed by atoms with Crippen LogP contribution in [0.1, 0.15) is 16.1 Å². The van der Waals surface area contributed by atoms with Crippen LogP contribution in [0, 0.1) is 6.92 Å². The van der Waals surface area contributed by atoms with Gasteiger partial charge in [-0.1, -0.05) is 35.9 Å². The average Bonchev–Trinajstić information content (AvgIpc) is 3.13. The van der Waals surface area contributed by atoms with Crippen LogP contribution in [-0.2, 0) is 9.59 Å². The number of rotatable bonds is 4. The Bertz CT molecular complexity index is 1390. The molecule has 166 valence electrons. The summed E-state index contributed by atoms with van der Waals surface area (Å²) in [5.41, 5.74) is 5.21. The molecule has 4 rings (SSSR count). The molecule has 0 bridgehead atoms. The Morgan fingerprint density at radius 2 is 1.64 bits per heavy atom. The van der Waals surface area contributed by atoms with Crippen molar-refractivity contribution >= 4 is 67.5 Å². The molecular formula is C24H18BrClN4O3. The molecule has 0 fully saturated rings. The fourth-order valence-corrected chi connectivity index (χ4v) is 4.02. The fourth-order valence-electron chi connectivity index (χ4n) is 3.24. The van der Waals surface area contributed by atoms with Crippen molar-refractivity contribution in [3.63, 3.8) is 0 Å². The molecule has 1 heterocycles. The van der Waals surface area contributed by atoms with Crippen LogP contribution in [0.2, 0.25) is 5.02 Å². The second-order valence-electron chi connectivity index (χ2n) is 7.27. The number of hydrogen-bond acceptors (Lipinski definition) is 3. The molecule has 0 unspecified atom stereocenters. The molecule has 33 heavy (non-hydrogen) atoms. The topological polar surface area (TPSA) is 92.2 Å². The minimum atomic E-state index is -0.933. The summed E-state index contributed by atoms with van der Waals surface area (Å²) in [7, 11) is 0. The molecule has 0 aliphatic rings. The average molecular weight is 526 g/mol. The van der Waals surface area contributed by atoms with Crippen molar-refractivity contribution in [3.05, 3.63) is 93.5 Å². The summed E-state index contributed by atoms with van der Waals surface area (Å²) in [5.74, 6) is -2.28. The first kappa shape index (κ1) is 22.6. The maximum atomic E-state index is 13.1. The van der Waals surface area contributed by atoms with Crippen LogP contribution < -0.4 is 16.1 Å². The van der Waals surface area contributed by atoms with E-state index < -0.39 is 17.7 Å². The quantitative estimate of drug-likeness (QED) is 0.315. The van der Waals surface area contributed by atoms with Crippen molar-refractivity contribution < 1.29 is 14.4 Å². The van der Waals surface area contributed by atoms with Crippen molar-refractivity contribution in [3.8, 4) is 0 Å². The van der Waals surface area contributed by atoms with E-state index >= 15 is 0 Å². The van der Waals surface area contributed by atoms with Gasteiger partial charge in [0.15, 0.2) is 0 Å². The smallest absolute Gasteiger partial charge is 0.320 e. The molecule has 0 saturated carbocycles. The van der Waals surface area contributed by atoms with Crippen LogP contribution in [0.3, 0.4) is 0 Å². The van der Waals surface area contributed by atoms with Gasteiger partial charge < -0.3 is 10.6 Å². The van der Waals surface area contributed by atoms with Gasteiger partial charge in [0.05, 0.1) is 11.2 Å². The standard InChI is InChI=1S/C24H18BrClN4O3/c1-14-7-9-19(18(25)11-14)28-22(31)21-13-15-12-16(26)8-10-20(15)30(21)29-24(33)23(32)27-17-5-3-2-4-6-17/h2-13H,1H3,(H,27,32)(H,28,31)(H,29,33). The molecule has 3 N–H and O–H groups in total. The number of fused-ring (bicyclic) bond motifs is 1. The highest BCUT2D eigenvalue weighted by Gasteiger charge is 2.21. The monoisotopic (exact) mass is 524 g/mol. The molecule has 9 heteroatoms. The third-order valence-corrected chi connectivity index (χ3v) is 5.71. The second kappa shape index (κ2) is 9.48. The summed E-state index contributed by atoms with van der Waals surface area (Å²) in [4.78, 5) is 38.2. The number of carbonyl (C=O) groups is 3. The number of nitrogens with one attached hydrogen (secondary N) is 3. The maximum Gasteiger partial charge on any atom is 0.328 e. The minimum absolute atomic E-state index is 0.126. The van der Waals surface area contributed by atoms with E-state index in [2.05, 4.69) is 32.0 Å². The first-order valence-corrected chi connectivity index (χ1v) is 11.0. The van der Waals surface area contributed by atoms with Crippen molar-refractivity contribution in [2.45, 2.75) is 6.92 Å². The minimum Gasteiger partial charge on any atom is -0.320 e. The lowest BCUT2D eigenvalue weighted by Gasteiger charge is -2.13. The second-order valence-corrected chi connectivity index (χ2v) is 8.56. The Kier molecular flexibility index (Phi) is 6.48. The van der Waals surface area contributed by atoms with E-state index in [9.17, 15) is 14.4 Å². The lowest BCUT2D eigenvalue weighted by Crippen LogP contribution is -2.36. The fraction of sp³-hybridized carbons (Fsp3) is 0.0417. The number of aryl methyl sites for hydroxylation is 1. The van der Waals surface area contributed by atoms with Crippen LogP contribution in [0.15, 0.2) is 77.3 Å². The van der Waals surface area contributed by atoms with Crippen LogP contribution >= 0.6 is 27.5 Å². The molecule has 0 spiro atoms. The Hall–Kier alpha value is -3.62. The number of nitrogens with zero attached hydrogens (tertiary/aromatic N) is 1. The first-order valence-electron chi connectivity index (χ1n) is 9.88. The number of amides is 3. The van der Waals surface area contributed by atoms with Gasteiger partial charge in [0, 0.05) is 20.6 Å². The van der Waals surface area contributed by atoms with Gasteiger partial charge in [0.25, 0.3) is 5.91 Å². The zero-order chi connectivity index (χ0) is 23.5. The molecule has 3 amide bonds. The van der Waals surface area contributed by atoms with Crippen molar-refractivity contribution in [2.75, 3.05) is 16.1 Å². The van der Waals surface area contributed by atoms with Crippen molar-refractivity contribution in [2.24, 2.45) is 0 Å². The lowest BCUT2D eigenvalue weighted by molar-refractivity contribution is -0.133. The zero-order valence-electron chi connectivity index (χ0n) is 17.4. The van der Waals surface area contributed by atoms with Gasteiger partial charge in [0.1, 0.15) is 5.69 Å². The lowest BCUT2D eigenvalue weighted by atomic mass is 10.2. The van der Waals surface area contributed by atoms with E-state index in [0.29, 0.717) is 31.8 Å². The molecule has 0 aliphatic carbocycles. The highest BCUT2D eigenvalue weighted by Crippen LogP contribution is 2.26. The number of hydrogen-bond donors (Lipinski definition) is 3. The van der Waals surface area contributed by atoms with E-state index in [-0.39, 0.29) is 5.69 Å². The zero-order valence-corrected chi connectivity index (χ0v) is 19.7. The molecule has 0 atom stereocenters. The molecule has 4 aromatic rings. The molecule has 7 nitrogen and oxygen atoms in total. The predicted molar refractivity (Wildman–Crippen MR) is 133 cm³/mol. The van der Waals surface area contributed by atoms with Crippen molar-refractivity contribution in [1.82, 2.24) is 4.68 Å². The number of para-hydroxylation sites is 1. The van der Waals surface area contributed by atoms with E-state index in [1.807, 2.05) is 19.1 Å². The number of halogens is 2. The summed E-state index contributed by atoms with van der Waals surface area (Å²) in [6.07, 6.45) is 0. The van der Waals surface area contributed by atoms with Crippen LogP contribution in [0.4, 0.5) is 11.4 Å². The summed E-state index contributed by atoms with van der Waals surface area (Å²) in [6, 6.07) is 20.7. The third-order valence-electron chi connectivity index (χ3n) is 4.82. The summed E-state index contributed by atoms with van der Waals surface area (Å²) in [5, 5.41) is 6.44. The molecule has 0 aliphatic heterocycles. The maximum absolute atomic E-state index is 13.1. The Morgan fingerprint density at radius 3 is 2.36 bits per heavy atom. The van der Waals surface area contributed by atoms with Crippen molar-refractivity contribution in [1.29, 1.82) is 0 Å². The summed E-state index contributed by atoms with van der Waals surface area (Å²) < 4.78 is 1.99. The van der Waals surface area contributed by atoms with E-state index in [0.717, 1.165) is 5.56 Å². The van der Waals surface area contributed by atoms with Gasteiger partial charge in [-0.05, 0) is 76.9 Å². The van der Waals surface area contributed by atoms with Gasteiger partial charge in [-0.25, -0.2) is 4.68 Å². The molecule has 3 aromatic carbocycles. The molecule has 0 radical (unpaired) electrons. The number of benzene rings is 3. The molecular weight excluding hydrogens is 508 g/mol. The molecule has 1 aromatic heterocycles. The summed E-state index contributed by atoms with van der Waals surface area (Å²) in [6.45, 7) is 1.94. The number of anilines is 2. The molecule has 0 saturated heterocycles. The highest BCUT2D eigenvalue weighted by atomic mass is 79.9. The van der Waals surface area contributed by atoms with Crippen LogP contribution in [-0.4, -0.2) is 22.4 Å². The van der Waals surface area contributed by atoms with Gasteiger partial charge in [0.2, 0.25) is 0 Å². The predicted octanol–water partition coefficient (Wildman–Crippen LogP) is 5.33. The Balaban J connectivity index is 1.65. The Labute approximate surface area is 202 Å². The number of aromatic nitrogens is 1. The Morgan fingerprint density at radius 1 is 0.879 bits per heavy atom. The van der Waals surface area contributed by atoms with Crippen LogP contribution in [0.5, 0.6) is 0 Å². The van der Waals surface area contributed by atoms with Gasteiger partial charge in [-0.2, -0.15) is 0 Å². The normalized spacial score (nSPS) is 10.6. The first-order chi connectivity index (χ1) is 15.8. The largest absolute Gasteiger partial charge is 0.328 e. The van der Waals surface area contributed by atoms with E-state index in [1.54, 1.807) is 60.7 Å². The van der Waals surface area contributed by atoms with Gasteiger partial charge in [-0.3, -0.25) is 19.8 Å².